The third-order valence-electron chi connectivity index (χ3n) is 2.26. The average molecular weight is 233 g/mol. The van der Waals surface area contributed by atoms with E-state index in [4.69, 9.17) is 5.73 Å². The Morgan fingerprint density at radius 2 is 1.88 bits per heavy atom. The molecule has 0 radical (unpaired) electrons. The molecule has 4 heteroatoms. The van der Waals surface area contributed by atoms with Gasteiger partial charge in [0.05, 0.1) is 0 Å². The minimum absolute atomic E-state index is 0.127. The van der Waals surface area contributed by atoms with E-state index in [0.717, 1.165) is 10.8 Å². The summed E-state index contributed by atoms with van der Waals surface area (Å²) < 4.78 is 11.7. The van der Waals surface area contributed by atoms with Crippen LogP contribution < -0.4 is 5.73 Å². The Labute approximate surface area is 96.4 Å². The van der Waals surface area contributed by atoms with Crippen molar-refractivity contribution in [3.05, 3.63) is 42.5 Å². The molecule has 3 nitrogen and oxygen atoms in total. The van der Waals surface area contributed by atoms with Crippen LogP contribution in [-0.4, -0.2) is 16.2 Å². The SMILES string of the molecule is NC(=O)C[S+]([O-])c1ccc2ccccc2c1. The first-order valence-electron chi connectivity index (χ1n) is 4.82. The second-order valence-electron chi connectivity index (χ2n) is 3.47. The third kappa shape index (κ3) is 2.35. The summed E-state index contributed by atoms with van der Waals surface area (Å²) in [5.74, 6) is -0.676. The molecular weight excluding hydrogens is 222 g/mol. The maximum Gasteiger partial charge on any atom is 0.267 e. The molecule has 82 valence electrons. The Hall–Kier alpha value is -1.52. The standard InChI is InChI=1S/C12H11NO2S/c13-12(14)8-16(15)11-6-5-9-3-1-2-4-10(9)7-11/h1-7H,8H2,(H2,13,14). The highest BCUT2D eigenvalue weighted by atomic mass is 32.2. The van der Waals surface area contributed by atoms with Gasteiger partial charge in [0.15, 0.2) is 10.6 Å². The average Bonchev–Trinajstić information content (AvgIpc) is 2.27. The number of fused-ring (bicyclic) bond motifs is 1. The fourth-order valence-corrected chi connectivity index (χ4v) is 2.42. The molecule has 0 aliphatic rings. The Kier molecular flexibility index (Phi) is 3.12. The van der Waals surface area contributed by atoms with Crippen LogP contribution in [0.3, 0.4) is 0 Å². The zero-order valence-corrected chi connectivity index (χ0v) is 9.37. The highest BCUT2D eigenvalue weighted by Crippen LogP contribution is 2.19. The smallest absolute Gasteiger partial charge is 0.267 e. The number of amides is 1. The molecule has 0 fully saturated rings. The quantitative estimate of drug-likeness (QED) is 0.815. The first-order chi connectivity index (χ1) is 7.66. The molecule has 0 aliphatic heterocycles. The maximum atomic E-state index is 11.7. The lowest BCUT2D eigenvalue weighted by Crippen LogP contribution is -2.23. The topological polar surface area (TPSA) is 66.2 Å². The summed E-state index contributed by atoms with van der Waals surface area (Å²) in [6.07, 6.45) is 0. The van der Waals surface area contributed by atoms with Crippen molar-refractivity contribution in [3.8, 4) is 0 Å². The minimum atomic E-state index is -1.34. The van der Waals surface area contributed by atoms with Crippen molar-refractivity contribution in [2.75, 3.05) is 5.75 Å². The number of primary amides is 1. The number of benzene rings is 2. The maximum absolute atomic E-state index is 11.7. The van der Waals surface area contributed by atoms with Crippen molar-refractivity contribution in [2.45, 2.75) is 4.90 Å². The number of hydrogen-bond acceptors (Lipinski definition) is 2. The molecule has 0 bridgehead atoms. The summed E-state index contributed by atoms with van der Waals surface area (Å²) in [5, 5.41) is 2.10. The van der Waals surface area contributed by atoms with Crippen molar-refractivity contribution in [1.82, 2.24) is 0 Å². The van der Waals surface area contributed by atoms with Crippen molar-refractivity contribution < 1.29 is 9.35 Å². The molecule has 0 saturated heterocycles. The van der Waals surface area contributed by atoms with Crippen LogP contribution in [0.1, 0.15) is 0 Å². The second kappa shape index (κ2) is 4.55. The van der Waals surface area contributed by atoms with Crippen LogP contribution in [0.15, 0.2) is 47.4 Å². The van der Waals surface area contributed by atoms with Gasteiger partial charge < -0.3 is 10.3 Å². The summed E-state index contributed by atoms with van der Waals surface area (Å²) in [4.78, 5) is 11.3. The van der Waals surface area contributed by atoms with Crippen LogP contribution in [-0.2, 0) is 16.0 Å². The van der Waals surface area contributed by atoms with Crippen LogP contribution in [0.5, 0.6) is 0 Å². The molecule has 2 N–H and O–H groups in total. The van der Waals surface area contributed by atoms with Crippen LogP contribution in [0.2, 0.25) is 0 Å². The first-order valence-corrected chi connectivity index (χ1v) is 6.14. The lowest BCUT2D eigenvalue weighted by molar-refractivity contribution is -0.115. The predicted octanol–water partition coefficient (Wildman–Crippen LogP) is 1.43. The molecule has 2 aromatic rings. The van der Waals surface area contributed by atoms with Gasteiger partial charge >= 0.3 is 0 Å². The van der Waals surface area contributed by atoms with Gasteiger partial charge in [-0.15, -0.1) is 0 Å². The molecule has 1 amide bonds. The highest BCUT2D eigenvalue weighted by molar-refractivity contribution is 7.92. The second-order valence-corrected chi connectivity index (χ2v) is 4.92. The summed E-state index contributed by atoms with van der Waals surface area (Å²) in [6, 6.07) is 13.3. The van der Waals surface area contributed by atoms with Crippen LogP contribution in [0.25, 0.3) is 10.8 Å². The monoisotopic (exact) mass is 233 g/mol. The Morgan fingerprint density at radius 3 is 2.56 bits per heavy atom. The number of hydrogen-bond donors (Lipinski definition) is 1. The van der Waals surface area contributed by atoms with E-state index < -0.39 is 17.1 Å². The lowest BCUT2D eigenvalue weighted by atomic mass is 10.1. The number of rotatable bonds is 3. The Balaban J connectivity index is 2.35. The van der Waals surface area contributed by atoms with Gasteiger partial charge in [0.25, 0.3) is 5.91 Å². The van der Waals surface area contributed by atoms with Crippen LogP contribution >= 0.6 is 0 Å². The largest absolute Gasteiger partial charge is 0.611 e. The van der Waals surface area contributed by atoms with E-state index in [1.807, 2.05) is 36.4 Å². The number of carbonyl (C=O) groups is 1. The first kappa shape index (κ1) is 11.0. The molecule has 16 heavy (non-hydrogen) atoms. The van der Waals surface area contributed by atoms with Crippen molar-refractivity contribution in [1.29, 1.82) is 0 Å². The van der Waals surface area contributed by atoms with Crippen molar-refractivity contribution in [3.63, 3.8) is 0 Å². The van der Waals surface area contributed by atoms with E-state index in [1.54, 1.807) is 6.07 Å². The zero-order chi connectivity index (χ0) is 11.5. The van der Waals surface area contributed by atoms with E-state index >= 15 is 0 Å². The molecular formula is C12H11NO2S. The molecule has 0 heterocycles. The van der Waals surface area contributed by atoms with Gasteiger partial charge in [-0.3, -0.25) is 4.79 Å². The molecule has 0 aliphatic carbocycles. The van der Waals surface area contributed by atoms with E-state index in [2.05, 4.69) is 0 Å². The highest BCUT2D eigenvalue weighted by Gasteiger charge is 2.14. The zero-order valence-electron chi connectivity index (χ0n) is 8.55. The van der Waals surface area contributed by atoms with E-state index in [0.29, 0.717) is 4.90 Å². The van der Waals surface area contributed by atoms with Crippen LogP contribution in [0, 0.1) is 0 Å². The normalized spacial score (nSPS) is 12.6. The van der Waals surface area contributed by atoms with Gasteiger partial charge in [0.2, 0.25) is 0 Å². The number of nitrogens with two attached hydrogens (primary N) is 1. The van der Waals surface area contributed by atoms with Crippen molar-refractivity contribution >= 4 is 27.9 Å². The van der Waals surface area contributed by atoms with Gasteiger partial charge in [-0.2, -0.15) is 0 Å². The minimum Gasteiger partial charge on any atom is -0.611 e. The fourth-order valence-electron chi connectivity index (χ4n) is 1.52. The van der Waals surface area contributed by atoms with Crippen molar-refractivity contribution in [2.24, 2.45) is 5.73 Å². The summed E-state index contributed by atoms with van der Waals surface area (Å²) in [5.41, 5.74) is 5.01. The molecule has 2 rings (SSSR count). The lowest BCUT2D eigenvalue weighted by Gasteiger charge is -2.08. The summed E-state index contributed by atoms with van der Waals surface area (Å²) >= 11 is -1.34. The van der Waals surface area contributed by atoms with E-state index in [-0.39, 0.29) is 5.75 Å². The molecule has 0 saturated carbocycles. The third-order valence-corrected chi connectivity index (χ3v) is 3.58. The Bertz CT molecular complexity index is 527. The van der Waals surface area contributed by atoms with Crippen LogP contribution in [0.4, 0.5) is 0 Å². The fraction of sp³-hybridized carbons (Fsp3) is 0.0833. The molecule has 0 aromatic heterocycles. The van der Waals surface area contributed by atoms with E-state index in [9.17, 15) is 9.35 Å². The van der Waals surface area contributed by atoms with Gasteiger partial charge in [-0.25, -0.2) is 0 Å². The van der Waals surface area contributed by atoms with Gasteiger partial charge in [-0.05, 0) is 34.1 Å². The van der Waals surface area contributed by atoms with E-state index in [1.165, 1.54) is 0 Å². The molecule has 2 aromatic carbocycles. The van der Waals surface area contributed by atoms with Gasteiger partial charge in [-0.1, -0.05) is 24.3 Å². The molecule has 1 unspecified atom stereocenters. The Morgan fingerprint density at radius 1 is 1.19 bits per heavy atom. The molecule has 1 atom stereocenters. The van der Waals surface area contributed by atoms with Gasteiger partial charge in [0.1, 0.15) is 0 Å². The molecule has 0 spiro atoms. The predicted molar refractivity (Wildman–Crippen MR) is 64.4 cm³/mol. The van der Waals surface area contributed by atoms with Gasteiger partial charge in [0, 0.05) is 6.07 Å². The number of carbonyl (C=O) groups excluding carboxylic acids is 1. The summed E-state index contributed by atoms with van der Waals surface area (Å²) in [7, 11) is 0. The summed E-state index contributed by atoms with van der Waals surface area (Å²) in [6.45, 7) is 0.